The summed E-state index contributed by atoms with van der Waals surface area (Å²) < 4.78 is 12.1. The summed E-state index contributed by atoms with van der Waals surface area (Å²) in [6.45, 7) is 6.14. The highest BCUT2D eigenvalue weighted by Crippen LogP contribution is 2.63. The number of allylic oxidation sites excluding steroid dienone is 2. The van der Waals surface area contributed by atoms with Gasteiger partial charge in [-0.15, -0.1) is 0 Å². The topological polar surface area (TPSA) is 18.5 Å². The van der Waals surface area contributed by atoms with E-state index in [1.165, 1.54) is 79.3 Å². The van der Waals surface area contributed by atoms with Gasteiger partial charge in [0, 0.05) is 13.2 Å². The molecule has 0 N–H and O–H groups in total. The van der Waals surface area contributed by atoms with Crippen LogP contribution < -0.4 is 15.9 Å². The summed E-state index contributed by atoms with van der Waals surface area (Å²) in [5, 5.41) is 4.28. The lowest BCUT2D eigenvalue weighted by atomic mass is 10.1. The first-order valence-electron chi connectivity index (χ1n) is 16.9. The molecular weight excluding hydrogens is 658 g/mol. The average Bonchev–Trinajstić information content (AvgIpc) is 3.06. The molecule has 0 atom stereocenters. The maximum Gasteiger partial charge on any atom is 0.173 e. The Morgan fingerprint density at radius 1 is 0.581 bits per heavy atom. The Morgan fingerprint density at radius 2 is 1.09 bits per heavy atom. The number of aryl methyl sites for hydroxylation is 1. The van der Waals surface area contributed by atoms with Gasteiger partial charge in [-0.2, -0.15) is 0 Å². The third kappa shape index (κ3) is 13.2. The Morgan fingerprint density at radius 3 is 1.63 bits per heavy atom. The van der Waals surface area contributed by atoms with Gasteiger partial charge < -0.3 is 9.47 Å². The second kappa shape index (κ2) is 22.1. The molecule has 3 rings (SSSR count). The van der Waals surface area contributed by atoms with Crippen LogP contribution in [0.2, 0.25) is 0 Å². The summed E-state index contributed by atoms with van der Waals surface area (Å²) >= 11 is 2.75. The van der Waals surface area contributed by atoms with Gasteiger partial charge in [-0.05, 0) is 99.7 Å². The maximum atomic E-state index is 6.06. The molecule has 0 heterocycles. The number of benzene rings is 3. The van der Waals surface area contributed by atoms with Crippen LogP contribution in [0.25, 0.3) is 0 Å². The van der Waals surface area contributed by atoms with Gasteiger partial charge in [0.25, 0.3) is 0 Å². The lowest BCUT2D eigenvalue weighted by Gasteiger charge is -2.20. The molecule has 0 saturated heterocycles. The minimum atomic E-state index is -1.68. The molecule has 2 nitrogen and oxygen atoms in total. The molecule has 0 radical (unpaired) electrons. The van der Waals surface area contributed by atoms with Crippen molar-refractivity contribution in [3.63, 3.8) is 0 Å². The molecule has 3 aromatic carbocycles. The van der Waals surface area contributed by atoms with Crippen LogP contribution in [0.15, 0.2) is 97.1 Å². The van der Waals surface area contributed by atoms with E-state index in [2.05, 4.69) is 133 Å². The SMILES string of the molecule is CCCCCOC(CCCCC/C=C\CCCc1ccc([P+](I)(c2ccccc2)c2ccccc2)cc1)OCCCCC. The van der Waals surface area contributed by atoms with Crippen LogP contribution >= 0.6 is 26.9 Å². The highest BCUT2D eigenvalue weighted by Gasteiger charge is 2.43. The lowest BCUT2D eigenvalue weighted by molar-refractivity contribution is -0.148. The van der Waals surface area contributed by atoms with Gasteiger partial charge in [0.05, 0.1) is 0 Å². The third-order valence-corrected chi connectivity index (χ3v) is 16.0. The van der Waals surface area contributed by atoms with Crippen LogP contribution in [0, 0.1) is 0 Å². The van der Waals surface area contributed by atoms with Crippen LogP contribution in [-0.4, -0.2) is 19.5 Å². The Bertz CT molecular complexity index is 1070. The molecule has 0 saturated carbocycles. The number of rotatable bonds is 23. The van der Waals surface area contributed by atoms with Crippen LogP contribution in [0.3, 0.4) is 0 Å². The fourth-order valence-electron chi connectivity index (χ4n) is 5.34. The molecular formula is C39H55IO2P+. The van der Waals surface area contributed by atoms with Crippen LogP contribution in [-0.2, 0) is 15.9 Å². The van der Waals surface area contributed by atoms with Crippen LogP contribution in [0.1, 0.15) is 103 Å². The van der Waals surface area contributed by atoms with Crippen molar-refractivity contribution in [1.82, 2.24) is 0 Å². The molecule has 0 aromatic heterocycles. The molecule has 0 aliphatic carbocycles. The van der Waals surface area contributed by atoms with E-state index in [1.807, 2.05) is 0 Å². The second-order valence-corrected chi connectivity index (χ2v) is 18.6. The number of halogens is 1. The van der Waals surface area contributed by atoms with Gasteiger partial charge in [0.1, 0.15) is 15.9 Å². The first-order valence-corrected chi connectivity index (χ1v) is 21.4. The summed E-state index contributed by atoms with van der Waals surface area (Å²) in [7, 11) is 0. The predicted molar refractivity (Wildman–Crippen MR) is 199 cm³/mol. The van der Waals surface area contributed by atoms with E-state index in [4.69, 9.17) is 9.47 Å². The number of ether oxygens (including phenoxy) is 2. The van der Waals surface area contributed by atoms with Gasteiger partial charge in [0.2, 0.25) is 0 Å². The number of hydrogen-bond donors (Lipinski definition) is 0. The van der Waals surface area contributed by atoms with Crippen LogP contribution in [0.4, 0.5) is 0 Å². The van der Waals surface area contributed by atoms with E-state index in [9.17, 15) is 0 Å². The summed E-state index contributed by atoms with van der Waals surface area (Å²) in [5.74, 6) is 0. The van der Waals surface area contributed by atoms with Crippen molar-refractivity contribution >= 4 is 42.9 Å². The Hall–Kier alpha value is -1.52. The Labute approximate surface area is 276 Å². The van der Waals surface area contributed by atoms with E-state index in [1.54, 1.807) is 0 Å². The molecule has 0 aliphatic heterocycles. The highest BCUT2D eigenvalue weighted by atomic mass is 127. The van der Waals surface area contributed by atoms with Crippen molar-refractivity contribution in [3.8, 4) is 0 Å². The molecule has 0 fully saturated rings. The zero-order valence-corrected chi connectivity index (χ0v) is 29.8. The summed E-state index contributed by atoms with van der Waals surface area (Å²) in [4.78, 5) is -1.68. The second-order valence-electron chi connectivity index (χ2n) is 11.5. The highest BCUT2D eigenvalue weighted by molar-refractivity contribution is 14.2. The summed E-state index contributed by atoms with van der Waals surface area (Å²) in [6, 6.07) is 31.5. The fraction of sp³-hybridized carbons (Fsp3) is 0.487. The molecule has 0 spiro atoms. The average molecular weight is 714 g/mol. The van der Waals surface area contributed by atoms with Crippen molar-refractivity contribution in [1.29, 1.82) is 0 Å². The molecule has 234 valence electrons. The first kappa shape index (κ1) is 36.0. The smallest absolute Gasteiger partial charge is 0.173 e. The van der Waals surface area contributed by atoms with Gasteiger partial charge in [-0.3, -0.25) is 0 Å². The van der Waals surface area contributed by atoms with Crippen molar-refractivity contribution in [2.24, 2.45) is 0 Å². The van der Waals surface area contributed by atoms with Crippen molar-refractivity contribution < 1.29 is 9.47 Å². The summed E-state index contributed by atoms with van der Waals surface area (Å²) in [6.07, 6.45) is 21.4. The molecule has 3 aromatic rings. The van der Waals surface area contributed by atoms with Gasteiger partial charge in [-0.25, -0.2) is 0 Å². The van der Waals surface area contributed by atoms with Crippen molar-refractivity contribution in [3.05, 3.63) is 103 Å². The van der Waals surface area contributed by atoms with E-state index < -0.39 is 4.90 Å². The molecule has 0 aliphatic rings. The molecule has 0 amide bonds. The minimum Gasteiger partial charge on any atom is -0.353 e. The Balaban J connectivity index is 1.35. The number of hydrogen-bond acceptors (Lipinski definition) is 2. The summed E-state index contributed by atoms with van der Waals surface area (Å²) in [5.41, 5.74) is 1.43. The maximum absolute atomic E-state index is 6.06. The van der Waals surface area contributed by atoms with E-state index in [0.29, 0.717) is 0 Å². The van der Waals surface area contributed by atoms with Crippen molar-refractivity contribution in [2.75, 3.05) is 13.2 Å². The van der Waals surface area contributed by atoms with Gasteiger partial charge in [0.15, 0.2) is 33.2 Å². The molecule has 0 bridgehead atoms. The largest absolute Gasteiger partial charge is 0.353 e. The zero-order chi connectivity index (χ0) is 30.4. The Kier molecular flexibility index (Phi) is 18.4. The molecule has 4 heteroatoms. The van der Waals surface area contributed by atoms with Crippen molar-refractivity contribution in [2.45, 2.75) is 110 Å². The third-order valence-electron chi connectivity index (χ3n) is 7.93. The van der Waals surface area contributed by atoms with Gasteiger partial charge >= 0.3 is 0 Å². The first-order chi connectivity index (χ1) is 21.2. The molecule has 0 unspecified atom stereocenters. The molecule has 43 heavy (non-hydrogen) atoms. The monoisotopic (exact) mass is 713 g/mol. The van der Waals surface area contributed by atoms with E-state index in [0.717, 1.165) is 45.3 Å². The normalized spacial score (nSPS) is 12.0. The van der Waals surface area contributed by atoms with Crippen LogP contribution in [0.5, 0.6) is 0 Å². The lowest BCUT2D eigenvalue weighted by Crippen LogP contribution is -2.26. The fourth-order valence-corrected chi connectivity index (χ4v) is 10.9. The van der Waals surface area contributed by atoms with E-state index in [-0.39, 0.29) is 6.29 Å². The van der Waals surface area contributed by atoms with E-state index >= 15 is 0 Å². The number of unbranched alkanes of at least 4 members (excludes halogenated alkanes) is 8. The quantitative estimate of drug-likeness (QED) is 0.0320. The predicted octanol–water partition coefficient (Wildman–Crippen LogP) is 10.9. The zero-order valence-electron chi connectivity index (χ0n) is 26.8. The standard InChI is InChI=1S/C39H55IO2P/c1-3-5-21-33-41-39(42-34-22-6-4-2)28-20-12-10-8-7-9-11-15-23-35-29-31-38(32-30-35)43(40,36-24-16-13-17-25-36)37-26-18-14-19-27-37/h7,9,13-14,16-19,24-27,29-32,39H,3-6,8,10-12,15,20-23,28,33-34H2,1-2H3/q+1/b9-7-. The van der Waals surface area contributed by atoms with Gasteiger partial charge in [-0.1, -0.05) is 107 Å². The minimum absolute atomic E-state index is 0.00910.